The van der Waals surface area contributed by atoms with Gasteiger partial charge >= 0.3 is 0 Å². The minimum Gasteiger partial charge on any atom is -0.354 e. The number of likely N-dealkylation sites (tertiary alicyclic amines) is 1. The van der Waals surface area contributed by atoms with Gasteiger partial charge in [0, 0.05) is 26.1 Å². The van der Waals surface area contributed by atoms with Crippen molar-refractivity contribution < 1.29 is 9.59 Å². The fourth-order valence-corrected chi connectivity index (χ4v) is 3.22. The van der Waals surface area contributed by atoms with Crippen molar-refractivity contribution in [3.05, 3.63) is 0 Å². The molecule has 114 valence electrons. The molecule has 2 aliphatic heterocycles. The van der Waals surface area contributed by atoms with Gasteiger partial charge in [-0.2, -0.15) is 0 Å². The summed E-state index contributed by atoms with van der Waals surface area (Å²) in [7, 11) is 0. The van der Waals surface area contributed by atoms with Crippen LogP contribution in [0, 0.1) is 0 Å². The summed E-state index contributed by atoms with van der Waals surface area (Å²) < 4.78 is 0. The largest absolute Gasteiger partial charge is 0.354 e. The summed E-state index contributed by atoms with van der Waals surface area (Å²) in [4.78, 5) is 26.2. The van der Waals surface area contributed by atoms with Crippen LogP contribution in [0.5, 0.6) is 0 Å². The van der Waals surface area contributed by atoms with E-state index in [-0.39, 0.29) is 11.8 Å². The summed E-state index contributed by atoms with van der Waals surface area (Å²) in [6.45, 7) is 5.17. The summed E-state index contributed by atoms with van der Waals surface area (Å²) in [6.07, 6.45) is 6.63. The van der Waals surface area contributed by atoms with Gasteiger partial charge < -0.3 is 15.5 Å². The number of carbonyl (C=O) groups is 2. The Morgan fingerprint density at radius 3 is 2.55 bits per heavy atom. The zero-order valence-corrected chi connectivity index (χ0v) is 12.5. The molecule has 2 rings (SSSR count). The zero-order valence-electron chi connectivity index (χ0n) is 12.5. The molecule has 0 bridgehead atoms. The lowest BCUT2D eigenvalue weighted by Crippen LogP contribution is -2.53. The lowest BCUT2D eigenvalue weighted by atomic mass is 9.93. The van der Waals surface area contributed by atoms with Crippen molar-refractivity contribution >= 4 is 11.8 Å². The number of piperidine rings is 1. The van der Waals surface area contributed by atoms with E-state index in [2.05, 4.69) is 10.6 Å². The lowest BCUT2D eigenvalue weighted by molar-refractivity contribution is -0.132. The molecular weight excluding hydrogens is 254 g/mol. The molecule has 2 aliphatic rings. The molecule has 2 saturated heterocycles. The first kappa shape index (κ1) is 15.3. The molecule has 5 nitrogen and oxygen atoms in total. The molecule has 5 heteroatoms. The molecular formula is C15H27N3O2. The molecule has 2 N–H and O–H groups in total. The number of nitrogens with one attached hydrogen (secondary N) is 2. The molecule has 0 spiro atoms. The van der Waals surface area contributed by atoms with Gasteiger partial charge in [0.1, 0.15) is 0 Å². The van der Waals surface area contributed by atoms with Gasteiger partial charge in [-0.05, 0) is 45.1 Å². The van der Waals surface area contributed by atoms with Gasteiger partial charge in [-0.1, -0.05) is 6.92 Å². The second-order valence-electron chi connectivity index (χ2n) is 5.91. The smallest absolute Gasteiger partial charge is 0.240 e. The van der Waals surface area contributed by atoms with Gasteiger partial charge in [0.05, 0.1) is 5.54 Å². The highest BCUT2D eigenvalue weighted by molar-refractivity contribution is 5.87. The van der Waals surface area contributed by atoms with Crippen LogP contribution in [0.25, 0.3) is 0 Å². The van der Waals surface area contributed by atoms with E-state index in [9.17, 15) is 9.59 Å². The monoisotopic (exact) mass is 281 g/mol. The van der Waals surface area contributed by atoms with E-state index in [0.29, 0.717) is 13.0 Å². The maximum atomic E-state index is 12.3. The Kier molecular flexibility index (Phi) is 5.40. The summed E-state index contributed by atoms with van der Waals surface area (Å²) in [6, 6.07) is 0. The number of carbonyl (C=O) groups excluding carboxylic acids is 2. The van der Waals surface area contributed by atoms with Gasteiger partial charge in [-0.3, -0.25) is 9.59 Å². The Bertz CT molecular complexity index is 345. The van der Waals surface area contributed by atoms with Crippen molar-refractivity contribution in [2.45, 2.75) is 57.4 Å². The van der Waals surface area contributed by atoms with E-state index in [0.717, 1.165) is 51.7 Å². The first-order valence-electron chi connectivity index (χ1n) is 7.99. The molecule has 0 aromatic rings. The topological polar surface area (TPSA) is 61.4 Å². The Labute approximate surface area is 121 Å². The van der Waals surface area contributed by atoms with Gasteiger partial charge in [0.2, 0.25) is 11.8 Å². The summed E-state index contributed by atoms with van der Waals surface area (Å²) in [5.74, 6) is 0.235. The average Bonchev–Trinajstić information content (AvgIpc) is 2.98. The third-order valence-corrected chi connectivity index (χ3v) is 4.62. The molecule has 1 unspecified atom stereocenters. The molecule has 0 radical (unpaired) electrons. The van der Waals surface area contributed by atoms with E-state index < -0.39 is 5.54 Å². The van der Waals surface area contributed by atoms with Gasteiger partial charge in [0.15, 0.2) is 0 Å². The van der Waals surface area contributed by atoms with Crippen molar-refractivity contribution in [1.29, 1.82) is 0 Å². The van der Waals surface area contributed by atoms with Crippen LogP contribution in [-0.4, -0.2) is 48.4 Å². The predicted octanol–water partition coefficient (Wildman–Crippen LogP) is 1.04. The van der Waals surface area contributed by atoms with Crippen LogP contribution < -0.4 is 10.6 Å². The highest BCUT2D eigenvalue weighted by Crippen LogP contribution is 2.22. The molecule has 2 heterocycles. The quantitative estimate of drug-likeness (QED) is 0.791. The SMILES string of the molecule is CCC1(C(=O)NCCC(=O)N2CCCCC2)CCCN1. The van der Waals surface area contributed by atoms with Crippen molar-refractivity contribution in [3.8, 4) is 0 Å². The van der Waals surface area contributed by atoms with Crippen LogP contribution in [0.2, 0.25) is 0 Å². The van der Waals surface area contributed by atoms with Crippen molar-refractivity contribution in [3.63, 3.8) is 0 Å². The number of nitrogens with zero attached hydrogens (tertiary/aromatic N) is 1. The number of rotatable bonds is 5. The van der Waals surface area contributed by atoms with Crippen molar-refractivity contribution in [1.82, 2.24) is 15.5 Å². The highest BCUT2D eigenvalue weighted by atomic mass is 16.2. The molecule has 0 saturated carbocycles. The van der Waals surface area contributed by atoms with Gasteiger partial charge in [-0.15, -0.1) is 0 Å². The summed E-state index contributed by atoms with van der Waals surface area (Å²) >= 11 is 0. The van der Waals surface area contributed by atoms with E-state index >= 15 is 0 Å². The molecule has 0 aliphatic carbocycles. The number of amides is 2. The maximum absolute atomic E-state index is 12.3. The van der Waals surface area contributed by atoms with Crippen LogP contribution in [-0.2, 0) is 9.59 Å². The van der Waals surface area contributed by atoms with Gasteiger partial charge in [-0.25, -0.2) is 0 Å². The highest BCUT2D eigenvalue weighted by Gasteiger charge is 2.38. The fourth-order valence-electron chi connectivity index (χ4n) is 3.22. The molecule has 20 heavy (non-hydrogen) atoms. The second kappa shape index (κ2) is 7.07. The number of hydrogen-bond donors (Lipinski definition) is 2. The van der Waals surface area contributed by atoms with Crippen LogP contribution >= 0.6 is 0 Å². The van der Waals surface area contributed by atoms with E-state index in [1.165, 1.54) is 6.42 Å². The van der Waals surface area contributed by atoms with Gasteiger partial charge in [0.25, 0.3) is 0 Å². The molecule has 0 aromatic heterocycles. The van der Waals surface area contributed by atoms with Crippen molar-refractivity contribution in [2.75, 3.05) is 26.2 Å². The Hall–Kier alpha value is -1.10. The van der Waals surface area contributed by atoms with Crippen molar-refractivity contribution in [2.24, 2.45) is 0 Å². The molecule has 2 amide bonds. The van der Waals surface area contributed by atoms with Crippen LogP contribution in [0.15, 0.2) is 0 Å². The van der Waals surface area contributed by atoms with Crippen LogP contribution in [0.4, 0.5) is 0 Å². The van der Waals surface area contributed by atoms with Crippen LogP contribution in [0.1, 0.15) is 51.9 Å². The third-order valence-electron chi connectivity index (χ3n) is 4.62. The Balaban J connectivity index is 1.72. The first-order valence-corrected chi connectivity index (χ1v) is 7.99. The summed E-state index contributed by atoms with van der Waals surface area (Å²) in [5, 5.41) is 6.25. The Morgan fingerprint density at radius 1 is 1.20 bits per heavy atom. The Morgan fingerprint density at radius 2 is 1.95 bits per heavy atom. The van der Waals surface area contributed by atoms with Crippen LogP contribution in [0.3, 0.4) is 0 Å². The number of hydrogen-bond acceptors (Lipinski definition) is 3. The van der Waals surface area contributed by atoms with E-state index in [1.807, 2.05) is 11.8 Å². The van der Waals surface area contributed by atoms with E-state index in [4.69, 9.17) is 0 Å². The average molecular weight is 281 g/mol. The first-order chi connectivity index (χ1) is 9.68. The lowest BCUT2D eigenvalue weighted by Gasteiger charge is -2.28. The summed E-state index contributed by atoms with van der Waals surface area (Å²) in [5.41, 5.74) is -0.395. The zero-order chi connectivity index (χ0) is 14.4. The third kappa shape index (κ3) is 3.51. The maximum Gasteiger partial charge on any atom is 0.240 e. The normalized spacial score (nSPS) is 26.6. The second-order valence-corrected chi connectivity index (χ2v) is 5.91. The molecule has 1 atom stereocenters. The van der Waals surface area contributed by atoms with E-state index in [1.54, 1.807) is 0 Å². The minimum absolute atomic E-state index is 0.0592. The standard InChI is InChI=1S/C15H27N3O2/c1-2-15(8-6-9-17-15)14(20)16-10-7-13(19)18-11-4-3-5-12-18/h17H,2-12H2,1H3,(H,16,20). The predicted molar refractivity (Wildman–Crippen MR) is 78.3 cm³/mol. The fraction of sp³-hybridized carbons (Fsp3) is 0.867. The minimum atomic E-state index is -0.395. The molecule has 0 aromatic carbocycles. The molecule has 2 fully saturated rings.